The van der Waals surface area contributed by atoms with Crippen LogP contribution in [-0.4, -0.2) is 27.1 Å². The van der Waals surface area contributed by atoms with Gasteiger partial charge in [0.1, 0.15) is 6.54 Å². The minimum Gasteiger partial charge on any atom is -0.324 e. The molecule has 0 aliphatic carbocycles. The predicted molar refractivity (Wildman–Crippen MR) is 108 cm³/mol. The van der Waals surface area contributed by atoms with Gasteiger partial charge in [0.2, 0.25) is 15.9 Å². The van der Waals surface area contributed by atoms with Crippen LogP contribution in [0.3, 0.4) is 0 Å². The molecule has 0 unspecified atom stereocenters. The third kappa shape index (κ3) is 5.13. The minimum absolute atomic E-state index is 0.237. The number of halogens is 2. The van der Waals surface area contributed by atoms with Crippen LogP contribution in [0.15, 0.2) is 36.4 Å². The first-order valence-corrected chi connectivity index (χ1v) is 10.5. The summed E-state index contributed by atoms with van der Waals surface area (Å²) in [5.74, 6) is -0.449. The Bertz CT molecular complexity index is 910. The topological polar surface area (TPSA) is 66.5 Å². The number of para-hydroxylation sites is 1. The SMILES string of the molecule is CCc1cccc(C)c1NC(=O)CN(c1cc(Cl)cc(Cl)c1)S(C)(=O)=O. The van der Waals surface area contributed by atoms with E-state index >= 15 is 0 Å². The highest BCUT2D eigenvalue weighted by Gasteiger charge is 2.22. The van der Waals surface area contributed by atoms with E-state index in [4.69, 9.17) is 23.2 Å². The van der Waals surface area contributed by atoms with Crippen molar-refractivity contribution in [1.82, 2.24) is 0 Å². The van der Waals surface area contributed by atoms with Crippen molar-refractivity contribution in [3.8, 4) is 0 Å². The van der Waals surface area contributed by atoms with Gasteiger partial charge in [0.15, 0.2) is 0 Å². The van der Waals surface area contributed by atoms with E-state index in [1.165, 1.54) is 18.2 Å². The molecule has 0 spiro atoms. The first-order valence-electron chi connectivity index (χ1n) is 7.94. The second-order valence-corrected chi connectivity index (χ2v) is 8.69. The van der Waals surface area contributed by atoms with Crippen LogP contribution in [0.25, 0.3) is 0 Å². The Labute approximate surface area is 164 Å². The van der Waals surface area contributed by atoms with Crippen LogP contribution in [0.1, 0.15) is 18.1 Å². The number of nitrogens with zero attached hydrogens (tertiary/aromatic N) is 1. The molecular formula is C18H20Cl2N2O3S. The van der Waals surface area contributed by atoms with Crippen LogP contribution in [0.5, 0.6) is 0 Å². The Kier molecular flexibility index (Phi) is 6.55. The summed E-state index contributed by atoms with van der Waals surface area (Å²) < 4.78 is 25.4. The van der Waals surface area contributed by atoms with Gasteiger partial charge in [-0.3, -0.25) is 9.10 Å². The maximum Gasteiger partial charge on any atom is 0.245 e. The lowest BCUT2D eigenvalue weighted by Crippen LogP contribution is -2.37. The Morgan fingerprint density at radius 3 is 2.31 bits per heavy atom. The van der Waals surface area contributed by atoms with Crippen LogP contribution in [-0.2, 0) is 21.2 Å². The average Bonchev–Trinajstić information content (AvgIpc) is 2.52. The molecule has 2 rings (SSSR count). The van der Waals surface area contributed by atoms with Crippen molar-refractivity contribution >= 4 is 50.5 Å². The summed E-state index contributed by atoms with van der Waals surface area (Å²) in [7, 11) is -3.71. The average molecular weight is 415 g/mol. The van der Waals surface area contributed by atoms with E-state index < -0.39 is 15.9 Å². The highest BCUT2D eigenvalue weighted by atomic mass is 35.5. The fourth-order valence-electron chi connectivity index (χ4n) is 2.59. The van der Waals surface area contributed by atoms with Gasteiger partial charge in [-0.25, -0.2) is 8.42 Å². The van der Waals surface area contributed by atoms with Crippen LogP contribution < -0.4 is 9.62 Å². The molecule has 26 heavy (non-hydrogen) atoms. The summed E-state index contributed by atoms with van der Waals surface area (Å²) in [5, 5.41) is 3.39. The molecule has 0 saturated heterocycles. The molecule has 0 aliphatic rings. The van der Waals surface area contributed by atoms with Gasteiger partial charge in [0.05, 0.1) is 11.9 Å². The molecular weight excluding hydrogens is 395 g/mol. The normalized spacial score (nSPS) is 11.3. The maximum atomic E-state index is 12.5. The van der Waals surface area contributed by atoms with Crippen LogP contribution in [0.2, 0.25) is 10.0 Å². The summed E-state index contributed by atoms with van der Waals surface area (Å²) in [6, 6.07) is 10.1. The number of rotatable bonds is 6. The number of anilines is 2. The number of carbonyl (C=O) groups excluding carboxylic acids is 1. The number of carbonyl (C=O) groups is 1. The zero-order valence-electron chi connectivity index (χ0n) is 14.7. The number of hydrogen-bond acceptors (Lipinski definition) is 3. The standard InChI is InChI=1S/C18H20Cl2N2O3S/c1-4-13-7-5-6-12(2)18(13)21-17(23)11-22(26(3,24)25)16-9-14(19)8-15(20)10-16/h5-10H,4,11H2,1-3H3,(H,21,23). The summed E-state index contributed by atoms with van der Waals surface area (Å²) in [4.78, 5) is 12.5. The van der Waals surface area contributed by atoms with Crippen molar-refractivity contribution in [2.45, 2.75) is 20.3 Å². The summed E-state index contributed by atoms with van der Waals surface area (Å²) in [6.07, 6.45) is 1.78. The predicted octanol–water partition coefficient (Wildman–Crippen LogP) is 4.27. The van der Waals surface area contributed by atoms with E-state index in [0.29, 0.717) is 5.69 Å². The van der Waals surface area contributed by atoms with E-state index in [9.17, 15) is 13.2 Å². The molecule has 0 atom stereocenters. The van der Waals surface area contributed by atoms with Crippen molar-refractivity contribution in [3.63, 3.8) is 0 Å². The van der Waals surface area contributed by atoms with Crippen molar-refractivity contribution in [3.05, 3.63) is 57.6 Å². The second kappa shape index (κ2) is 8.29. The zero-order chi connectivity index (χ0) is 19.5. The Morgan fingerprint density at radius 2 is 1.77 bits per heavy atom. The fraction of sp³-hybridized carbons (Fsp3) is 0.278. The van der Waals surface area contributed by atoms with E-state index in [2.05, 4.69) is 5.32 Å². The fourth-order valence-corrected chi connectivity index (χ4v) is 3.95. The maximum absolute atomic E-state index is 12.5. The lowest BCUT2D eigenvalue weighted by atomic mass is 10.1. The van der Waals surface area contributed by atoms with E-state index in [1.807, 2.05) is 32.0 Å². The van der Waals surface area contributed by atoms with E-state index in [0.717, 1.165) is 28.1 Å². The molecule has 2 aromatic rings. The first kappa shape index (κ1) is 20.6. The zero-order valence-corrected chi connectivity index (χ0v) is 17.0. The molecule has 140 valence electrons. The molecule has 1 N–H and O–H groups in total. The first-order chi connectivity index (χ1) is 12.1. The van der Waals surface area contributed by atoms with Gasteiger partial charge in [-0.2, -0.15) is 0 Å². The Hall–Kier alpha value is -1.76. The van der Waals surface area contributed by atoms with Gasteiger partial charge in [-0.15, -0.1) is 0 Å². The monoisotopic (exact) mass is 414 g/mol. The highest BCUT2D eigenvalue weighted by Crippen LogP contribution is 2.27. The van der Waals surface area contributed by atoms with Gasteiger partial charge < -0.3 is 5.32 Å². The third-order valence-electron chi connectivity index (χ3n) is 3.83. The number of benzene rings is 2. The third-order valence-corrected chi connectivity index (χ3v) is 5.40. The molecule has 0 fully saturated rings. The number of hydrogen-bond donors (Lipinski definition) is 1. The quantitative estimate of drug-likeness (QED) is 0.767. The number of aryl methyl sites for hydroxylation is 2. The highest BCUT2D eigenvalue weighted by molar-refractivity contribution is 7.92. The molecule has 2 aromatic carbocycles. The number of nitrogens with one attached hydrogen (secondary N) is 1. The lowest BCUT2D eigenvalue weighted by molar-refractivity contribution is -0.114. The van der Waals surface area contributed by atoms with Crippen molar-refractivity contribution < 1.29 is 13.2 Å². The Morgan fingerprint density at radius 1 is 1.15 bits per heavy atom. The van der Waals surface area contributed by atoms with E-state index in [-0.39, 0.29) is 22.3 Å². The molecule has 0 bridgehead atoms. The van der Waals surface area contributed by atoms with Gasteiger partial charge in [-0.05, 0) is 42.7 Å². The molecule has 0 radical (unpaired) electrons. The van der Waals surface area contributed by atoms with Crippen LogP contribution in [0.4, 0.5) is 11.4 Å². The van der Waals surface area contributed by atoms with E-state index in [1.54, 1.807) is 0 Å². The summed E-state index contributed by atoms with van der Waals surface area (Å²) in [5.41, 5.74) is 2.84. The summed E-state index contributed by atoms with van der Waals surface area (Å²) in [6.45, 7) is 3.49. The molecule has 5 nitrogen and oxygen atoms in total. The molecule has 0 heterocycles. The number of amides is 1. The minimum atomic E-state index is -3.71. The number of sulfonamides is 1. The van der Waals surface area contributed by atoms with Gasteiger partial charge in [-0.1, -0.05) is 48.3 Å². The Balaban J connectivity index is 2.31. The van der Waals surface area contributed by atoms with Crippen molar-refractivity contribution in [2.24, 2.45) is 0 Å². The molecule has 0 saturated carbocycles. The van der Waals surface area contributed by atoms with Gasteiger partial charge in [0.25, 0.3) is 0 Å². The van der Waals surface area contributed by atoms with Gasteiger partial charge >= 0.3 is 0 Å². The lowest BCUT2D eigenvalue weighted by Gasteiger charge is -2.23. The van der Waals surface area contributed by atoms with Crippen molar-refractivity contribution in [1.29, 1.82) is 0 Å². The molecule has 0 aromatic heterocycles. The summed E-state index contributed by atoms with van der Waals surface area (Å²) >= 11 is 11.9. The van der Waals surface area contributed by atoms with Crippen molar-refractivity contribution in [2.75, 3.05) is 22.4 Å². The second-order valence-electron chi connectivity index (χ2n) is 5.91. The largest absolute Gasteiger partial charge is 0.324 e. The smallest absolute Gasteiger partial charge is 0.245 e. The van der Waals surface area contributed by atoms with Gasteiger partial charge in [0, 0.05) is 15.7 Å². The molecule has 8 heteroatoms. The molecule has 0 aliphatic heterocycles. The molecule has 1 amide bonds. The van der Waals surface area contributed by atoms with Crippen LogP contribution in [0, 0.1) is 6.92 Å². The van der Waals surface area contributed by atoms with Crippen LogP contribution >= 0.6 is 23.2 Å².